The van der Waals surface area contributed by atoms with Crippen molar-refractivity contribution in [3.63, 3.8) is 0 Å². The quantitative estimate of drug-likeness (QED) is 0.411. The van der Waals surface area contributed by atoms with Crippen LogP contribution in [0.4, 0.5) is 0 Å². The average Bonchev–Trinajstić information content (AvgIpc) is 2.19. The van der Waals surface area contributed by atoms with Crippen LogP contribution in [0.3, 0.4) is 0 Å². The van der Waals surface area contributed by atoms with Crippen LogP contribution in [0, 0.1) is 19.3 Å². The van der Waals surface area contributed by atoms with Crippen LogP contribution in [0.2, 0.25) is 0 Å². The molecule has 3 heteroatoms. The van der Waals surface area contributed by atoms with Crippen LogP contribution in [0.1, 0.15) is 35.4 Å². The fourth-order valence-corrected chi connectivity index (χ4v) is 0.999. The lowest BCUT2D eigenvalue weighted by Gasteiger charge is -1.97. The molecule has 0 aromatic carbocycles. The maximum atomic E-state index is 11.4. The van der Waals surface area contributed by atoms with Crippen molar-refractivity contribution in [2.75, 3.05) is 0 Å². The van der Waals surface area contributed by atoms with E-state index in [0.717, 1.165) is 5.56 Å². The Labute approximate surface area is 83.6 Å². The molecule has 0 bridgehead atoms. The van der Waals surface area contributed by atoms with Crippen molar-refractivity contribution in [1.82, 2.24) is 9.97 Å². The molecule has 0 saturated carbocycles. The van der Waals surface area contributed by atoms with Crippen LogP contribution >= 0.6 is 0 Å². The zero-order valence-corrected chi connectivity index (χ0v) is 8.16. The molecule has 0 atom stereocenters. The molecule has 0 N–H and O–H groups in total. The maximum absolute atomic E-state index is 11.4. The number of terminal acetylenes is 1. The van der Waals surface area contributed by atoms with E-state index in [-0.39, 0.29) is 11.6 Å². The molecule has 0 radical (unpaired) electrons. The molecule has 0 spiro atoms. The summed E-state index contributed by atoms with van der Waals surface area (Å²) in [4.78, 5) is 19.3. The summed E-state index contributed by atoms with van der Waals surface area (Å²) in [5, 5.41) is 0. The Morgan fingerprint density at radius 1 is 1.50 bits per heavy atom. The number of hydrogen-bond acceptors (Lipinski definition) is 3. The number of ketones is 1. The van der Waals surface area contributed by atoms with E-state index in [1.165, 1.54) is 0 Å². The number of carbonyl (C=O) groups is 1. The highest BCUT2D eigenvalue weighted by molar-refractivity contribution is 5.92. The summed E-state index contributed by atoms with van der Waals surface area (Å²) >= 11 is 0. The van der Waals surface area contributed by atoms with E-state index >= 15 is 0 Å². The van der Waals surface area contributed by atoms with Crippen LogP contribution in [-0.2, 0) is 0 Å². The Morgan fingerprint density at radius 2 is 2.14 bits per heavy atom. The smallest absolute Gasteiger partial charge is 0.200 e. The zero-order valence-electron chi connectivity index (χ0n) is 8.16. The number of carbonyl (C=O) groups excluding carboxylic acids is 1. The number of unbranched alkanes of at least 4 members (excludes halogenated alkanes) is 1. The monoisotopic (exact) mass is 188 g/mol. The number of Topliss-reactive ketones (excluding diaryl/α,β-unsaturated/α-hetero) is 1. The Hall–Kier alpha value is -1.69. The van der Waals surface area contributed by atoms with Crippen molar-refractivity contribution < 1.29 is 4.79 Å². The SMILES string of the molecule is C#CCCCC(=O)c1ncc(C)cn1. The summed E-state index contributed by atoms with van der Waals surface area (Å²) < 4.78 is 0. The van der Waals surface area contributed by atoms with E-state index in [2.05, 4.69) is 15.9 Å². The lowest BCUT2D eigenvalue weighted by Crippen LogP contribution is -2.04. The normalized spacial score (nSPS) is 9.43. The van der Waals surface area contributed by atoms with Gasteiger partial charge in [0.15, 0.2) is 11.6 Å². The van der Waals surface area contributed by atoms with Gasteiger partial charge in [-0.2, -0.15) is 0 Å². The topological polar surface area (TPSA) is 42.9 Å². The second-order valence-corrected chi connectivity index (χ2v) is 3.06. The highest BCUT2D eigenvalue weighted by Gasteiger charge is 2.07. The first-order valence-electron chi connectivity index (χ1n) is 4.49. The van der Waals surface area contributed by atoms with Crippen LogP contribution in [0.15, 0.2) is 12.4 Å². The van der Waals surface area contributed by atoms with Crippen LogP contribution < -0.4 is 0 Å². The van der Waals surface area contributed by atoms with E-state index in [1.54, 1.807) is 12.4 Å². The van der Waals surface area contributed by atoms with E-state index < -0.39 is 0 Å². The molecule has 0 unspecified atom stereocenters. The number of hydrogen-bond donors (Lipinski definition) is 0. The van der Waals surface area contributed by atoms with Gasteiger partial charge in [0.2, 0.25) is 0 Å². The van der Waals surface area contributed by atoms with Gasteiger partial charge in [0.05, 0.1) is 0 Å². The van der Waals surface area contributed by atoms with Gasteiger partial charge in [0, 0.05) is 25.2 Å². The van der Waals surface area contributed by atoms with Gasteiger partial charge in [0.1, 0.15) is 0 Å². The second-order valence-electron chi connectivity index (χ2n) is 3.06. The first-order valence-corrected chi connectivity index (χ1v) is 4.49. The minimum Gasteiger partial charge on any atom is -0.291 e. The van der Waals surface area contributed by atoms with Gasteiger partial charge in [-0.05, 0) is 18.9 Å². The first-order chi connectivity index (χ1) is 6.74. The number of aromatic nitrogens is 2. The third kappa shape index (κ3) is 2.98. The summed E-state index contributed by atoms with van der Waals surface area (Å²) in [5.74, 6) is 2.73. The molecule has 1 rings (SSSR count). The largest absolute Gasteiger partial charge is 0.291 e. The van der Waals surface area contributed by atoms with Crippen molar-refractivity contribution in [2.24, 2.45) is 0 Å². The average molecular weight is 188 g/mol. The molecule has 14 heavy (non-hydrogen) atoms. The fraction of sp³-hybridized carbons (Fsp3) is 0.364. The molecule has 72 valence electrons. The third-order valence-electron chi connectivity index (χ3n) is 1.76. The number of rotatable bonds is 4. The Kier molecular flexibility index (Phi) is 3.81. The molecule has 0 amide bonds. The molecule has 0 aliphatic rings. The van der Waals surface area contributed by atoms with Crippen LogP contribution in [0.25, 0.3) is 0 Å². The second kappa shape index (κ2) is 5.13. The van der Waals surface area contributed by atoms with Crippen molar-refractivity contribution in [1.29, 1.82) is 0 Å². The fourth-order valence-electron chi connectivity index (χ4n) is 0.999. The Morgan fingerprint density at radius 3 is 2.71 bits per heavy atom. The van der Waals surface area contributed by atoms with Gasteiger partial charge < -0.3 is 0 Å². The van der Waals surface area contributed by atoms with Crippen molar-refractivity contribution >= 4 is 5.78 Å². The number of nitrogens with zero attached hydrogens (tertiary/aromatic N) is 2. The molecule has 0 aliphatic heterocycles. The summed E-state index contributed by atoms with van der Waals surface area (Å²) in [7, 11) is 0. The molecule has 0 saturated heterocycles. The predicted molar refractivity (Wildman–Crippen MR) is 53.8 cm³/mol. The van der Waals surface area contributed by atoms with Gasteiger partial charge in [-0.3, -0.25) is 4.79 Å². The Bertz CT molecular complexity index is 349. The van der Waals surface area contributed by atoms with E-state index in [4.69, 9.17) is 6.42 Å². The zero-order chi connectivity index (χ0) is 10.4. The molecular weight excluding hydrogens is 176 g/mol. The van der Waals surface area contributed by atoms with Crippen molar-refractivity contribution in [2.45, 2.75) is 26.2 Å². The summed E-state index contributed by atoms with van der Waals surface area (Å²) in [6.45, 7) is 1.88. The summed E-state index contributed by atoms with van der Waals surface area (Å²) in [5.41, 5.74) is 0.949. The van der Waals surface area contributed by atoms with Crippen molar-refractivity contribution in [3.8, 4) is 12.3 Å². The summed E-state index contributed by atoms with van der Waals surface area (Å²) in [6, 6.07) is 0. The van der Waals surface area contributed by atoms with E-state index in [9.17, 15) is 4.79 Å². The predicted octanol–water partition coefficient (Wildman–Crippen LogP) is 1.77. The van der Waals surface area contributed by atoms with Gasteiger partial charge in [-0.25, -0.2) is 9.97 Å². The van der Waals surface area contributed by atoms with Gasteiger partial charge in [0.25, 0.3) is 0 Å². The molecule has 0 fully saturated rings. The molecule has 1 aromatic heterocycles. The maximum Gasteiger partial charge on any atom is 0.200 e. The van der Waals surface area contributed by atoms with Gasteiger partial charge in [-0.15, -0.1) is 12.3 Å². The molecular formula is C11H12N2O. The summed E-state index contributed by atoms with van der Waals surface area (Å²) in [6.07, 6.45) is 10.1. The van der Waals surface area contributed by atoms with Crippen LogP contribution in [-0.4, -0.2) is 15.8 Å². The van der Waals surface area contributed by atoms with Crippen molar-refractivity contribution in [3.05, 3.63) is 23.8 Å². The van der Waals surface area contributed by atoms with E-state index in [0.29, 0.717) is 19.3 Å². The molecule has 3 nitrogen and oxygen atoms in total. The van der Waals surface area contributed by atoms with E-state index in [1.807, 2.05) is 6.92 Å². The molecule has 1 aromatic rings. The van der Waals surface area contributed by atoms with Gasteiger partial charge >= 0.3 is 0 Å². The highest BCUT2D eigenvalue weighted by Crippen LogP contribution is 2.02. The van der Waals surface area contributed by atoms with Gasteiger partial charge in [-0.1, -0.05) is 0 Å². The molecule has 0 aliphatic carbocycles. The standard InChI is InChI=1S/C11H12N2O/c1-3-4-5-6-10(14)11-12-7-9(2)8-13-11/h1,7-8H,4-6H2,2H3. The first kappa shape index (κ1) is 10.4. The lowest BCUT2D eigenvalue weighted by molar-refractivity contribution is 0.0970. The minimum absolute atomic E-state index is 0.0414. The highest BCUT2D eigenvalue weighted by atomic mass is 16.1. The van der Waals surface area contributed by atoms with Crippen LogP contribution in [0.5, 0.6) is 0 Å². The number of aryl methyl sites for hydroxylation is 1. The molecule has 1 heterocycles. The minimum atomic E-state index is -0.0414. The third-order valence-corrected chi connectivity index (χ3v) is 1.76. The lowest BCUT2D eigenvalue weighted by atomic mass is 10.2. The Balaban J connectivity index is 2.53.